The molecule has 3 rings (SSSR count). The normalized spacial score (nSPS) is 17.9. The molecule has 1 atom stereocenters. The Morgan fingerprint density at radius 1 is 1.57 bits per heavy atom. The highest BCUT2D eigenvalue weighted by molar-refractivity contribution is 8.13. The summed E-state index contributed by atoms with van der Waals surface area (Å²) in [5.41, 5.74) is 0.654. The van der Waals surface area contributed by atoms with Crippen molar-refractivity contribution < 1.29 is 14.5 Å². The first-order valence-corrected chi connectivity index (χ1v) is 8.73. The van der Waals surface area contributed by atoms with Gasteiger partial charge in [-0.3, -0.25) is 24.6 Å². The molecule has 2 aromatic rings. The Balaban J connectivity index is 1.81. The number of rotatable bonds is 4. The number of thiazole rings is 1. The molecule has 0 radical (unpaired) electrons. The zero-order valence-corrected chi connectivity index (χ0v) is 13.9. The number of hydrogen-bond acceptors (Lipinski definition) is 7. The lowest BCUT2D eigenvalue weighted by Crippen LogP contribution is -2.24. The summed E-state index contributed by atoms with van der Waals surface area (Å²) in [5.74, 6) is 0.721. The zero-order valence-electron chi connectivity index (χ0n) is 12.2. The minimum Gasteiger partial charge on any atom is -0.288 e. The topological polar surface area (TPSA) is 93.4 Å². The van der Waals surface area contributed by atoms with Gasteiger partial charge < -0.3 is 0 Å². The second-order valence-electron chi connectivity index (χ2n) is 5.28. The number of non-ortho nitro benzene ring substituents is 1. The van der Waals surface area contributed by atoms with Crippen molar-refractivity contribution in [3.8, 4) is 0 Å². The van der Waals surface area contributed by atoms with Gasteiger partial charge in [-0.25, -0.2) is 4.98 Å². The molecular formula is C14H13N3O4S2. The van der Waals surface area contributed by atoms with E-state index in [-0.39, 0.29) is 22.6 Å². The number of nitro benzene ring substituents is 1. The maximum absolute atomic E-state index is 12.2. The molecule has 2 heterocycles. The van der Waals surface area contributed by atoms with Crippen LogP contribution in [0.25, 0.3) is 10.2 Å². The smallest absolute Gasteiger partial charge is 0.270 e. The Kier molecular flexibility index (Phi) is 4.31. The van der Waals surface area contributed by atoms with Gasteiger partial charge in [-0.1, -0.05) is 23.1 Å². The van der Waals surface area contributed by atoms with Crippen LogP contribution in [0.5, 0.6) is 0 Å². The fourth-order valence-electron chi connectivity index (χ4n) is 2.44. The molecular weight excluding hydrogens is 338 g/mol. The van der Waals surface area contributed by atoms with Gasteiger partial charge in [-0.2, -0.15) is 0 Å². The van der Waals surface area contributed by atoms with E-state index < -0.39 is 4.92 Å². The van der Waals surface area contributed by atoms with Crippen LogP contribution < -0.4 is 4.90 Å². The number of carbonyl (C=O) groups excluding carboxylic acids is 2. The van der Waals surface area contributed by atoms with E-state index in [1.165, 1.54) is 42.2 Å². The standard InChI is InChI=1S/C14H13N3O4S2/c1-8(18)22-7-9-4-13(19)16(6-9)14-15-11-3-2-10(17(20)21)5-12(11)23-14/h2-3,5,9H,4,6-7H2,1H3. The van der Waals surface area contributed by atoms with Crippen molar-refractivity contribution in [3.63, 3.8) is 0 Å². The highest BCUT2D eigenvalue weighted by atomic mass is 32.2. The lowest BCUT2D eigenvalue weighted by molar-refractivity contribution is -0.384. The second-order valence-corrected chi connectivity index (χ2v) is 7.49. The highest BCUT2D eigenvalue weighted by Crippen LogP contribution is 2.35. The average Bonchev–Trinajstić information content (AvgIpc) is 3.07. The van der Waals surface area contributed by atoms with Crippen LogP contribution in [0.1, 0.15) is 13.3 Å². The van der Waals surface area contributed by atoms with Crippen molar-refractivity contribution in [2.24, 2.45) is 5.92 Å². The molecule has 1 amide bonds. The summed E-state index contributed by atoms with van der Waals surface area (Å²) in [7, 11) is 0. The number of fused-ring (bicyclic) bond motifs is 1. The van der Waals surface area contributed by atoms with Crippen molar-refractivity contribution in [1.29, 1.82) is 0 Å². The van der Waals surface area contributed by atoms with Crippen LogP contribution in [0.3, 0.4) is 0 Å². The van der Waals surface area contributed by atoms with E-state index in [0.717, 1.165) is 0 Å². The molecule has 0 saturated carbocycles. The van der Waals surface area contributed by atoms with Gasteiger partial charge in [0.2, 0.25) is 5.91 Å². The third-order valence-corrected chi connectivity index (χ3v) is 5.62. The van der Waals surface area contributed by atoms with E-state index in [1.807, 2.05) is 0 Å². The Morgan fingerprint density at radius 2 is 2.35 bits per heavy atom. The molecule has 7 nitrogen and oxygen atoms in total. The number of nitro groups is 1. The first kappa shape index (κ1) is 15.9. The van der Waals surface area contributed by atoms with Crippen LogP contribution in [0.2, 0.25) is 0 Å². The predicted molar refractivity (Wildman–Crippen MR) is 89.9 cm³/mol. The number of nitrogens with zero attached hydrogens (tertiary/aromatic N) is 3. The summed E-state index contributed by atoms with van der Waals surface area (Å²) >= 11 is 2.50. The minimum atomic E-state index is -0.450. The van der Waals surface area contributed by atoms with Gasteiger partial charge in [0.05, 0.1) is 15.1 Å². The molecule has 1 aliphatic heterocycles. The molecule has 1 unspecified atom stereocenters. The molecule has 1 aromatic carbocycles. The Morgan fingerprint density at radius 3 is 3.04 bits per heavy atom. The third-order valence-electron chi connectivity index (χ3n) is 3.53. The molecule has 9 heteroatoms. The Labute approximate surface area is 139 Å². The van der Waals surface area contributed by atoms with Gasteiger partial charge in [-0.05, 0) is 12.0 Å². The Bertz CT molecular complexity index is 804. The summed E-state index contributed by atoms with van der Waals surface area (Å²) in [6, 6.07) is 4.47. The number of hydrogen-bond donors (Lipinski definition) is 0. The largest absolute Gasteiger partial charge is 0.288 e. The maximum atomic E-state index is 12.2. The average molecular weight is 351 g/mol. The zero-order chi connectivity index (χ0) is 16.6. The van der Waals surface area contributed by atoms with Gasteiger partial charge in [0.25, 0.3) is 5.69 Å². The summed E-state index contributed by atoms with van der Waals surface area (Å²) in [4.78, 5) is 39.6. The van der Waals surface area contributed by atoms with Crippen LogP contribution in [-0.4, -0.2) is 33.2 Å². The summed E-state index contributed by atoms with van der Waals surface area (Å²) in [5, 5.41) is 11.4. The van der Waals surface area contributed by atoms with Crippen molar-refractivity contribution in [1.82, 2.24) is 4.98 Å². The number of anilines is 1. The predicted octanol–water partition coefficient (Wildman–Crippen LogP) is 2.84. The van der Waals surface area contributed by atoms with Gasteiger partial charge in [0.15, 0.2) is 10.2 Å². The fourth-order valence-corrected chi connectivity index (χ4v) is 4.16. The maximum Gasteiger partial charge on any atom is 0.270 e. The molecule has 1 saturated heterocycles. The van der Waals surface area contributed by atoms with Gasteiger partial charge in [0.1, 0.15) is 0 Å². The van der Waals surface area contributed by atoms with Gasteiger partial charge >= 0.3 is 0 Å². The van der Waals surface area contributed by atoms with E-state index in [2.05, 4.69) is 4.98 Å². The minimum absolute atomic E-state index is 0.0104. The van der Waals surface area contributed by atoms with Crippen LogP contribution in [-0.2, 0) is 9.59 Å². The van der Waals surface area contributed by atoms with E-state index in [0.29, 0.717) is 34.1 Å². The summed E-state index contributed by atoms with van der Waals surface area (Å²) in [6.07, 6.45) is 0.399. The van der Waals surface area contributed by atoms with Crippen molar-refractivity contribution in [2.45, 2.75) is 13.3 Å². The van der Waals surface area contributed by atoms with Gasteiger partial charge in [-0.15, -0.1) is 0 Å². The van der Waals surface area contributed by atoms with E-state index in [4.69, 9.17) is 0 Å². The first-order valence-electron chi connectivity index (χ1n) is 6.93. The van der Waals surface area contributed by atoms with Crippen LogP contribution in [0.4, 0.5) is 10.8 Å². The number of benzene rings is 1. The summed E-state index contributed by atoms with van der Waals surface area (Å²) in [6.45, 7) is 2.04. The number of amides is 1. The van der Waals surface area contributed by atoms with E-state index in [1.54, 1.807) is 11.0 Å². The molecule has 1 aromatic heterocycles. The number of thioether (sulfide) groups is 1. The molecule has 120 valence electrons. The van der Waals surface area contributed by atoms with Crippen molar-refractivity contribution >= 4 is 55.2 Å². The number of carbonyl (C=O) groups is 2. The lowest BCUT2D eigenvalue weighted by atomic mass is 10.1. The summed E-state index contributed by atoms with van der Waals surface area (Å²) < 4.78 is 0.684. The van der Waals surface area contributed by atoms with E-state index in [9.17, 15) is 19.7 Å². The molecule has 23 heavy (non-hydrogen) atoms. The third kappa shape index (κ3) is 3.35. The SMILES string of the molecule is CC(=O)SCC1CC(=O)N(c2nc3ccc([N+](=O)[O-])cc3s2)C1. The quantitative estimate of drug-likeness (QED) is 0.621. The molecule has 0 N–H and O–H groups in total. The highest BCUT2D eigenvalue weighted by Gasteiger charge is 2.32. The lowest BCUT2D eigenvalue weighted by Gasteiger charge is -2.12. The first-order chi connectivity index (χ1) is 10.9. The van der Waals surface area contributed by atoms with Gasteiger partial charge in [0, 0.05) is 37.8 Å². The van der Waals surface area contributed by atoms with Crippen LogP contribution in [0, 0.1) is 16.0 Å². The van der Waals surface area contributed by atoms with E-state index >= 15 is 0 Å². The monoisotopic (exact) mass is 351 g/mol. The van der Waals surface area contributed by atoms with Crippen LogP contribution in [0.15, 0.2) is 18.2 Å². The fraction of sp³-hybridized carbons (Fsp3) is 0.357. The molecule has 1 aliphatic rings. The molecule has 0 bridgehead atoms. The Hall–Kier alpha value is -2.00. The molecule has 0 spiro atoms. The van der Waals surface area contributed by atoms with Crippen LogP contribution >= 0.6 is 23.1 Å². The molecule has 0 aliphatic carbocycles. The molecule has 1 fully saturated rings. The second kappa shape index (κ2) is 6.25. The van der Waals surface area contributed by atoms with Crippen molar-refractivity contribution in [3.05, 3.63) is 28.3 Å². The van der Waals surface area contributed by atoms with Crippen molar-refractivity contribution in [2.75, 3.05) is 17.2 Å². The number of aromatic nitrogens is 1.